The number of nitrogens with one attached hydrogen (secondary N) is 1. The van der Waals surface area contributed by atoms with Crippen LogP contribution in [0.1, 0.15) is 44.2 Å². The van der Waals surface area contributed by atoms with Gasteiger partial charge in [0.1, 0.15) is 0 Å². The van der Waals surface area contributed by atoms with Crippen LogP contribution in [-0.4, -0.2) is 11.8 Å². The zero-order chi connectivity index (χ0) is 13.0. The summed E-state index contributed by atoms with van der Waals surface area (Å²) in [6.07, 6.45) is 4.03. The molecule has 100 valence electrons. The van der Waals surface area contributed by atoms with E-state index >= 15 is 0 Å². The zero-order valence-electron chi connectivity index (χ0n) is 11.8. The highest BCUT2D eigenvalue weighted by molar-refractivity contribution is 7.99. The standard InChI is InChI=1S/C16H25NS/c1-12(2)8-9-18-16-7-4-14(13(3)10-16)11-17-15-5-6-15/h4,7,10,12,15,17H,5-6,8-9,11H2,1-3H3. The van der Waals surface area contributed by atoms with Gasteiger partial charge in [-0.15, -0.1) is 11.8 Å². The van der Waals surface area contributed by atoms with E-state index < -0.39 is 0 Å². The minimum atomic E-state index is 0.796. The van der Waals surface area contributed by atoms with E-state index in [9.17, 15) is 0 Å². The van der Waals surface area contributed by atoms with Crippen LogP contribution in [0.3, 0.4) is 0 Å². The normalized spacial score (nSPS) is 15.3. The molecule has 0 radical (unpaired) electrons. The van der Waals surface area contributed by atoms with Gasteiger partial charge in [0.25, 0.3) is 0 Å². The van der Waals surface area contributed by atoms with Crippen molar-refractivity contribution >= 4 is 11.8 Å². The summed E-state index contributed by atoms with van der Waals surface area (Å²) in [4.78, 5) is 1.42. The summed E-state index contributed by atoms with van der Waals surface area (Å²) in [5, 5.41) is 3.58. The third-order valence-corrected chi connectivity index (χ3v) is 4.46. The monoisotopic (exact) mass is 263 g/mol. The molecule has 1 aliphatic rings. The van der Waals surface area contributed by atoms with Crippen molar-refractivity contribution in [3.05, 3.63) is 29.3 Å². The van der Waals surface area contributed by atoms with Gasteiger partial charge >= 0.3 is 0 Å². The van der Waals surface area contributed by atoms with Crippen LogP contribution in [0, 0.1) is 12.8 Å². The Hall–Kier alpha value is -0.470. The topological polar surface area (TPSA) is 12.0 Å². The van der Waals surface area contributed by atoms with Crippen LogP contribution in [0.5, 0.6) is 0 Å². The van der Waals surface area contributed by atoms with Gasteiger partial charge in [-0.25, -0.2) is 0 Å². The maximum atomic E-state index is 3.58. The van der Waals surface area contributed by atoms with Crippen LogP contribution in [-0.2, 0) is 6.54 Å². The van der Waals surface area contributed by atoms with Crippen molar-refractivity contribution < 1.29 is 0 Å². The molecule has 0 bridgehead atoms. The second kappa shape index (κ2) is 6.63. The molecular formula is C16H25NS. The molecule has 1 nitrogen and oxygen atoms in total. The minimum Gasteiger partial charge on any atom is -0.310 e. The van der Waals surface area contributed by atoms with E-state index in [0.717, 1.165) is 18.5 Å². The lowest BCUT2D eigenvalue weighted by atomic mass is 10.1. The molecule has 1 N–H and O–H groups in total. The minimum absolute atomic E-state index is 0.796. The molecule has 1 fully saturated rings. The van der Waals surface area contributed by atoms with Crippen molar-refractivity contribution in [3.63, 3.8) is 0 Å². The molecule has 0 amide bonds. The zero-order valence-corrected chi connectivity index (χ0v) is 12.6. The van der Waals surface area contributed by atoms with Crippen LogP contribution >= 0.6 is 11.8 Å². The summed E-state index contributed by atoms with van der Waals surface area (Å²) in [5.74, 6) is 2.04. The van der Waals surface area contributed by atoms with E-state index in [0.29, 0.717) is 0 Å². The molecule has 2 heteroatoms. The summed E-state index contributed by atoms with van der Waals surface area (Å²) >= 11 is 1.99. The first-order valence-electron chi connectivity index (χ1n) is 7.11. The Balaban J connectivity index is 1.83. The second-order valence-corrected chi connectivity index (χ2v) is 6.94. The van der Waals surface area contributed by atoms with Gasteiger partial charge in [-0.05, 0) is 61.1 Å². The van der Waals surface area contributed by atoms with E-state index in [1.54, 1.807) is 0 Å². The fourth-order valence-electron chi connectivity index (χ4n) is 1.91. The van der Waals surface area contributed by atoms with Gasteiger partial charge in [0, 0.05) is 17.5 Å². The predicted molar refractivity (Wildman–Crippen MR) is 81.2 cm³/mol. The third-order valence-electron chi connectivity index (χ3n) is 3.44. The SMILES string of the molecule is Cc1cc(SCCC(C)C)ccc1CNC1CC1. The predicted octanol–water partition coefficient (Wildman–Crippen LogP) is 4.39. The summed E-state index contributed by atoms with van der Waals surface area (Å²) in [6.45, 7) is 7.85. The van der Waals surface area contributed by atoms with Crippen molar-refractivity contribution in [2.24, 2.45) is 5.92 Å². The van der Waals surface area contributed by atoms with Gasteiger partial charge in [-0.1, -0.05) is 19.9 Å². The molecule has 0 unspecified atom stereocenters. The summed E-state index contributed by atoms with van der Waals surface area (Å²) in [5.41, 5.74) is 2.88. The Labute approximate surface area is 116 Å². The average molecular weight is 263 g/mol. The molecule has 0 heterocycles. The van der Waals surface area contributed by atoms with Crippen LogP contribution in [0.4, 0.5) is 0 Å². The van der Waals surface area contributed by atoms with E-state index in [2.05, 4.69) is 44.3 Å². The van der Waals surface area contributed by atoms with E-state index in [1.807, 2.05) is 11.8 Å². The van der Waals surface area contributed by atoms with Gasteiger partial charge in [-0.3, -0.25) is 0 Å². The molecule has 18 heavy (non-hydrogen) atoms. The Kier molecular flexibility index (Phi) is 5.13. The Bertz CT molecular complexity index is 383. The quantitative estimate of drug-likeness (QED) is 0.732. The van der Waals surface area contributed by atoms with Gasteiger partial charge in [0.2, 0.25) is 0 Å². The number of hydrogen-bond acceptors (Lipinski definition) is 2. The largest absolute Gasteiger partial charge is 0.310 e. The molecule has 2 rings (SSSR count). The Morgan fingerprint density at radius 3 is 2.72 bits per heavy atom. The first kappa shape index (κ1) is 14.0. The molecule has 1 saturated carbocycles. The maximum absolute atomic E-state index is 3.58. The van der Waals surface area contributed by atoms with Crippen molar-refractivity contribution in [2.75, 3.05) is 5.75 Å². The molecule has 1 aromatic carbocycles. The number of rotatable bonds is 7. The van der Waals surface area contributed by atoms with Crippen molar-refractivity contribution in [1.29, 1.82) is 0 Å². The van der Waals surface area contributed by atoms with Gasteiger partial charge in [0.15, 0.2) is 0 Å². The lowest BCUT2D eigenvalue weighted by molar-refractivity contribution is 0.632. The summed E-state index contributed by atoms with van der Waals surface area (Å²) in [7, 11) is 0. The van der Waals surface area contributed by atoms with E-state index in [4.69, 9.17) is 0 Å². The second-order valence-electron chi connectivity index (χ2n) is 5.77. The van der Waals surface area contributed by atoms with Gasteiger partial charge < -0.3 is 5.32 Å². The Morgan fingerprint density at radius 2 is 2.11 bits per heavy atom. The fraction of sp³-hybridized carbons (Fsp3) is 0.625. The number of hydrogen-bond donors (Lipinski definition) is 1. The number of thioether (sulfide) groups is 1. The smallest absolute Gasteiger partial charge is 0.0210 e. The number of aryl methyl sites for hydroxylation is 1. The molecule has 1 aromatic rings. The molecule has 0 saturated heterocycles. The van der Waals surface area contributed by atoms with Crippen molar-refractivity contribution in [1.82, 2.24) is 5.32 Å². The molecule has 0 atom stereocenters. The van der Waals surface area contributed by atoms with Crippen LogP contribution in [0.25, 0.3) is 0 Å². The van der Waals surface area contributed by atoms with Gasteiger partial charge in [-0.2, -0.15) is 0 Å². The van der Waals surface area contributed by atoms with Gasteiger partial charge in [0.05, 0.1) is 0 Å². The first-order valence-corrected chi connectivity index (χ1v) is 8.09. The molecule has 1 aliphatic carbocycles. The van der Waals surface area contributed by atoms with Crippen molar-refractivity contribution in [3.8, 4) is 0 Å². The lowest BCUT2D eigenvalue weighted by Crippen LogP contribution is -2.15. The first-order chi connectivity index (χ1) is 8.65. The van der Waals surface area contributed by atoms with E-state index in [-0.39, 0.29) is 0 Å². The highest BCUT2D eigenvalue weighted by Crippen LogP contribution is 2.24. The highest BCUT2D eigenvalue weighted by atomic mass is 32.2. The van der Waals surface area contributed by atoms with E-state index in [1.165, 1.54) is 41.0 Å². The molecule has 0 spiro atoms. The Morgan fingerprint density at radius 1 is 1.33 bits per heavy atom. The lowest BCUT2D eigenvalue weighted by Gasteiger charge is -2.10. The third kappa shape index (κ3) is 4.66. The van der Waals surface area contributed by atoms with Crippen LogP contribution < -0.4 is 5.32 Å². The summed E-state index contributed by atoms with van der Waals surface area (Å²) in [6, 6.07) is 7.71. The fourth-order valence-corrected chi connectivity index (χ4v) is 3.16. The van der Waals surface area contributed by atoms with Crippen LogP contribution in [0.2, 0.25) is 0 Å². The van der Waals surface area contributed by atoms with Crippen molar-refractivity contribution in [2.45, 2.75) is 57.5 Å². The molecular weight excluding hydrogens is 238 g/mol. The summed E-state index contributed by atoms with van der Waals surface area (Å²) < 4.78 is 0. The molecule has 0 aromatic heterocycles. The average Bonchev–Trinajstić information content (AvgIpc) is 3.11. The highest BCUT2D eigenvalue weighted by Gasteiger charge is 2.20. The van der Waals surface area contributed by atoms with Crippen LogP contribution in [0.15, 0.2) is 23.1 Å². The molecule has 0 aliphatic heterocycles. The number of benzene rings is 1. The maximum Gasteiger partial charge on any atom is 0.0210 e.